The molecule has 0 saturated heterocycles. The van der Waals surface area contributed by atoms with Crippen molar-refractivity contribution in [2.75, 3.05) is 0 Å². The van der Waals surface area contributed by atoms with Crippen LogP contribution in [0.15, 0.2) is 6.33 Å². The largest absolute Gasteiger partial charge is 0.353 e. The summed E-state index contributed by atoms with van der Waals surface area (Å²) >= 11 is 0. The van der Waals surface area contributed by atoms with Crippen molar-refractivity contribution in [2.45, 2.75) is 64.8 Å². The van der Waals surface area contributed by atoms with Gasteiger partial charge in [-0.25, -0.2) is 9.50 Å². The molecule has 0 aliphatic heterocycles. The van der Waals surface area contributed by atoms with Crippen molar-refractivity contribution in [3.63, 3.8) is 0 Å². The molecule has 0 radical (unpaired) electrons. The van der Waals surface area contributed by atoms with Gasteiger partial charge in [0.2, 0.25) is 5.91 Å². The average molecular weight is 301 g/mol. The zero-order chi connectivity index (χ0) is 15.5. The fourth-order valence-electron chi connectivity index (χ4n) is 3.27. The molecule has 1 amide bonds. The van der Waals surface area contributed by atoms with Gasteiger partial charge in [0.15, 0.2) is 0 Å². The van der Waals surface area contributed by atoms with Crippen molar-refractivity contribution in [2.24, 2.45) is 0 Å². The summed E-state index contributed by atoms with van der Waals surface area (Å²) in [5.74, 6) is 0.669. The molecule has 0 spiro atoms. The number of carbonyl (C=O) groups is 1. The van der Waals surface area contributed by atoms with Gasteiger partial charge in [0.1, 0.15) is 6.33 Å². The first-order valence-electron chi connectivity index (χ1n) is 8.10. The van der Waals surface area contributed by atoms with Crippen molar-refractivity contribution in [3.8, 4) is 0 Å². The van der Waals surface area contributed by atoms with E-state index in [2.05, 4.69) is 20.4 Å². The third kappa shape index (κ3) is 3.10. The molecule has 3 rings (SSSR count). The summed E-state index contributed by atoms with van der Waals surface area (Å²) in [4.78, 5) is 20.9. The number of rotatable bonds is 3. The number of amides is 1. The van der Waals surface area contributed by atoms with Crippen LogP contribution in [0.4, 0.5) is 0 Å². The smallest absolute Gasteiger partial charge is 0.252 e. The second-order valence-corrected chi connectivity index (χ2v) is 6.17. The predicted octanol–water partition coefficient (Wildman–Crippen LogP) is 2.12. The third-order valence-corrected chi connectivity index (χ3v) is 4.55. The molecule has 1 N–H and O–H groups in total. The molecular weight excluding hydrogens is 278 g/mol. The van der Waals surface area contributed by atoms with Crippen LogP contribution in [0.25, 0.3) is 5.78 Å². The molecule has 0 atom stereocenters. The topological polar surface area (TPSA) is 72.2 Å². The molecule has 2 heterocycles. The van der Waals surface area contributed by atoms with Gasteiger partial charge in [-0.3, -0.25) is 4.79 Å². The van der Waals surface area contributed by atoms with E-state index in [4.69, 9.17) is 0 Å². The molecule has 0 bridgehead atoms. The van der Waals surface area contributed by atoms with E-state index in [1.165, 1.54) is 32.0 Å². The van der Waals surface area contributed by atoms with Crippen LogP contribution >= 0.6 is 0 Å². The van der Waals surface area contributed by atoms with Crippen molar-refractivity contribution >= 4 is 11.7 Å². The van der Waals surface area contributed by atoms with Gasteiger partial charge in [0.25, 0.3) is 5.78 Å². The third-order valence-electron chi connectivity index (χ3n) is 4.55. The van der Waals surface area contributed by atoms with Gasteiger partial charge in [-0.2, -0.15) is 10.1 Å². The molecule has 1 fully saturated rings. The zero-order valence-electron chi connectivity index (χ0n) is 13.3. The highest BCUT2D eigenvalue weighted by atomic mass is 16.1. The molecule has 1 aliphatic rings. The SMILES string of the molecule is Cc1nc2ncnn2c(C)c1CC(=O)NC1CCCCCC1. The van der Waals surface area contributed by atoms with Crippen LogP contribution < -0.4 is 5.32 Å². The monoisotopic (exact) mass is 301 g/mol. The van der Waals surface area contributed by atoms with E-state index < -0.39 is 0 Å². The van der Waals surface area contributed by atoms with Crippen LogP contribution in [0, 0.1) is 13.8 Å². The number of carbonyl (C=O) groups excluding carboxylic acids is 1. The first-order chi connectivity index (χ1) is 10.6. The average Bonchev–Trinajstić information content (AvgIpc) is 2.80. The van der Waals surface area contributed by atoms with Crippen LogP contribution in [0.2, 0.25) is 0 Å². The Morgan fingerprint density at radius 3 is 2.73 bits per heavy atom. The summed E-state index contributed by atoms with van der Waals surface area (Å²) in [6.07, 6.45) is 9.06. The highest BCUT2D eigenvalue weighted by Gasteiger charge is 2.18. The maximum atomic E-state index is 12.4. The van der Waals surface area contributed by atoms with E-state index in [-0.39, 0.29) is 5.91 Å². The Balaban J connectivity index is 1.73. The zero-order valence-corrected chi connectivity index (χ0v) is 13.3. The highest BCUT2D eigenvalue weighted by Crippen LogP contribution is 2.18. The molecule has 2 aromatic heterocycles. The fraction of sp³-hybridized carbons (Fsp3) is 0.625. The van der Waals surface area contributed by atoms with E-state index in [0.717, 1.165) is 29.8 Å². The van der Waals surface area contributed by atoms with Crippen LogP contribution in [0.1, 0.15) is 55.5 Å². The lowest BCUT2D eigenvalue weighted by Gasteiger charge is -2.17. The first kappa shape index (κ1) is 14.9. The van der Waals surface area contributed by atoms with Crippen LogP contribution in [-0.4, -0.2) is 31.5 Å². The van der Waals surface area contributed by atoms with Gasteiger partial charge in [-0.05, 0) is 26.7 Å². The fourth-order valence-corrected chi connectivity index (χ4v) is 3.27. The molecule has 1 aliphatic carbocycles. The van der Waals surface area contributed by atoms with E-state index >= 15 is 0 Å². The Bertz CT molecular complexity index is 670. The number of aryl methyl sites for hydroxylation is 2. The normalized spacial score (nSPS) is 16.6. The van der Waals surface area contributed by atoms with E-state index in [1.54, 1.807) is 4.52 Å². The van der Waals surface area contributed by atoms with Crippen molar-refractivity contribution < 1.29 is 4.79 Å². The Morgan fingerprint density at radius 2 is 2.00 bits per heavy atom. The molecule has 118 valence electrons. The van der Waals surface area contributed by atoms with Gasteiger partial charge >= 0.3 is 0 Å². The maximum absolute atomic E-state index is 12.4. The van der Waals surface area contributed by atoms with Crippen LogP contribution in [0.3, 0.4) is 0 Å². The van der Waals surface area contributed by atoms with E-state index in [9.17, 15) is 4.79 Å². The van der Waals surface area contributed by atoms with E-state index in [1.807, 2.05) is 13.8 Å². The van der Waals surface area contributed by atoms with Crippen molar-refractivity contribution in [1.29, 1.82) is 0 Å². The molecule has 0 unspecified atom stereocenters. The first-order valence-corrected chi connectivity index (χ1v) is 8.10. The standard InChI is InChI=1S/C16H23N5O/c1-11-14(12(2)21-16(19-11)17-10-18-21)9-15(22)20-13-7-5-3-4-6-8-13/h10,13H,3-9H2,1-2H3,(H,20,22). The Kier molecular flexibility index (Phi) is 4.36. The summed E-state index contributed by atoms with van der Waals surface area (Å²) < 4.78 is 1.70. The molecule has 2 aromatic rings. The Morgan fingerprint density at radius 1 is 1.27 bits per heavy atom. The minimum absolute atomic E-state index is 0.0827. The van der Waals surface area contributed by atoms with Crippen molar-refractivity contribution in [1.82, 2.24) is 24.9 Å². The molecule has 0 aromatic carbocycles. The second kappa shape index (κ2) is 6.42. The number of fused-ring (bicyclic) bond motifs is 1. The number of hydrogen-bond donors (Lipinski definition) is 1. The summed E-state index contributed by atoms with van der Waals surface area (Å²) in [7, 11) is 0. The molecule has 6 nitrogen and oxygen atoms in total. The van der Waals surface area contributed by atoms with Crippen molar-refractivity contribution in [3.05, 3.63) is 23.3 Å². The number of aromatic nitrogens is 4. The van der Waals surface area contributed by atoms with Gasteiger partial charge in [0, 0.05) is 23.0 Å². The molecular formula is C16H23N5O. The lowest BCUT2D eigenvalue weighted by molar-refractivity contribution is -0.121. The maximum Gasteiger partial charge on any atom is 0.252 e. The number of nitrogens with one attached hydrogen (secondary N) is 1. The lowest BCUT2D eigenvalue weighted by Crippen LogP contribution is -2.35. The minimum Gasteiger partial charge on any atom is -0.353 e. The van der Waals surface area contributed by atoms with Gasteiger partial charge in [0.05, 0.1) is 6.42 Å². The summed E-state index contributed by atoms with van der Waals surface area (Å²) in [6, 6.07) is 0.332. The minimum atomic E-state index is 0.0827. The molecule has 22 heavy (non-hydrogen) atoms. The lowest BCUT2D eigenvalue weighted by atomic mass is 10.1. The quantitative estimate of drug-likeness (QED) is 0.881. The van der Waals surface area contributed by atoms with Gasteiger partial charge in [-0.1, -0.05) is 25.7 Å². The summed E-state index contributed by atoms with van der Waals surface area (Å²) in [5, 5.41) is 7.36. The second-order valence-electron chi connectivity index (χ2n) is 6.17. The van der Waals surface area contributed by atoms with Gasteiger partial charge < -0.3 is 5.32 Å². The Hall–Kier alpha value is -1.98. The number of hydrogen-bond acceptors (Lipinski definition) is 4. The molecule has 1 saturated carbocycles. The highest BCUT2D eigenvalue weighted by molar-refractivity contribution is 5.79. The predicted molar refractivity (Wildman–Crippen MR) is 83.6 cm³/mol. The van der Waals surface area contributed by atoms with Crippen LogP contribution in [-0.2, 0) is 11.2 Å². The molecule has 6 heteroatoms. The van der Waals surface area contributed by atoms with Gasteiger partial charge in [-0.15, -0.1) is 0 Å². The Labute approximate surface area is 130 Å². The van der Waals surface area contributed by atoms with E-state index in [0.29, 0.717) is 18.2 Å². The number of nitrogens with zero attached hydrogens (tertiary/aromatic N) is 4. The summed E-state index contributed by atoms with van der Waals surface area (Å²) in [5.41, 5.74) is 2.74. The van der Waals surface area contributed by atoms with Crippen LogP contribution in [0.5, 0.6) is 0 Å². The summed E-state index contributed by atoms with van der Waals surface area (Å²) in [6.45, 7) is 3.89.